The van der Waals surface area contributed by atoms with E-state index in [-0.39, 0.29) is 5.91 Å². The topological polar surface area (TPSA) is 44.1 Å². The second kappa shape index (κ2) is 6.92. The molecule has 2 aromatic rings. The van der Waals surface area contributed by atoms with Crippen molar-refractivity contribution in [2.24, 2.45) is 0 Å². The van der Waals surface area contributed by atoms with Gasteiger partial charge in [-0.05, 0) is 35.4 Å². The lowest BCUT2D eigenvalue weighted by molar-refractivity contribution is -0.129. The van der Waals surface area contributed by atoms with Crippen LogP contribution in [0.5, 0.6) is 0 Å². The van der Waals surface area contributed by atoms with Crippen LogP contribution >= 0.6 is 11.6 Å². The van der Waals surface area contributed by atoms with Gasteiger partial charge in [0.2, 0.25) is 5.91 Å². The molecule has 0 aliphatic heterocycles. The number of nitriles is 1. The molecule has 106 valence electrons. The number of likely N-dealkylation sites (N-methyl/N-ethyl adjacent to an activating group) is 1. The molecule has 0 fully saturated rings. The molecule has 1 amide bonds. The van der Waals surface area contributed by atoms with Crippen LogP contribution in [0.15, 0.2) is 48.5 Å². The van der Waals surface area contributed by atoms with E-state index in [9.17, 15) is 4.79 Å². The summed E-state index contributed by atoms with van der Waals surface area (Å²) in [4.78, 5) is 13.9. The molecule has 21 heavy (non-hydrogen) atoms. The van der Waals surface area contributed by atoms with Gasteiger partial charge >= 0.3 is 0 Å². The maximum Gasteiger partial charge on any atom is 0.227 e. The molecular weight excluding hydrogens is 284 g/mol. The van der Waals surface area contributed by atoms with Crippen LogP contribution in [0.3, 0.4) is 0 Å². The van der Waals surface area contributed by atoms with Gasteiger partial charge in [-0.3, -0.25) is 4.79 Å². The number of amides is 1. The average molecular weight is 299 g/mol. The van der Waals surface area contributed by atoms with Gasteiger partial charge in [-0.15, -0.1) is 0 Å². The van der Waals surface area contributed by atoms with E-state index < -0.39 is 0 Å². The van der Waals surface area contributed by atoms with E-state index in [1.807, 2.05) is 36.4 Å². The minimum Gasteiger partial charge on any atom is -0.341 e. The summed E-state index contributed by atoms with van der Waals surface area (Å²) in [5.41, 5.74) is 2.49. The molecule has 0 aliphatic rings. The SMILES string of the molecule is CN(Cc1cccc(Cl)c1)C(=O)Cc1ccc(C#N)cc1. The molecule has 4 heteroatoms. The molecule has 0 aliphatic carbocycles. The molecule has 0 bridgehead atoms. The first-order valence-corrected chi connectivity index (χ1v) is 6.94. The van der Waals surface area contributed by atoms with Crippen molar-refractivity contribution >= 4 is 17.5 Å². The third-order valence-electron chi connectivity index (χ3n) is 3.17. The van der Waals surface area contributed by atoms with Gasteiger partial charge in [0.25, 0.3) is 0 Å². The van der Waals surface area contributed by atoms with Crippen molar-refractivity contribution in [1.29, 1.82) is 5.26 Å². The summed E-state index contributed by atoms with van der Waals surface area (Å²) < 4.78 is 0. The number of halogens is 1. The molecule has 0 saturated heterocycles. The van der Waals surface area contributed by atoms with Crippen LogP contribution in [-0.4, -0.2) is 17.9 Å². The van der Waals surface area contributed by atoms with Crippen LogP contribution in [0.1, 0.15) is 16.7 Å². The van der Waals surface area contributed by atoms with Crippen LogP contribution in [-0.2, 0) is 17.8 Å². The lowest BCUT2D eigenvalue weighted by Crippen LogP contribution is -2.27. The summed E-state index contributed by atoms with van der Waals surface area (Å²) in [5, 5.41) is 9.42. The van der Waals surface area contributed by atoms with Crippen LogP contribution in [0.25, 0.3) is 0 Å². The highest BCUT2D eigenvalue weighted by atomic mass is 35.5. The number of hydrogen-bond acceptors (Lipinski definition) is 2. The predicted molar refractivity (Wildman–Crippen MR) is 82.8 cm³/mol. The van der Waals surface area contributed by atoms with Crippen molar-refractivity contribution in [3.63, 3.8) is 0 Å². The zero-order valence-electron chi connectivity index (χ0n) is 11.7. The number of hydrogen-bond donors (Lipinski definition) is 0. The zero-order valence-corrected chi connectivity index (χ0v) is 12.5. The highest BCUT2D eigenvalue weighted by Crippen LogP contribution is 2.13. The zero-order chi connectivity index (χ0) is 15.2. The van der Waals surface area contributed by atoms with E-state index in [4.69, 9.17) is 16.9 Å². The number of rotatable bonds is 4. The van der Waals surface area contributed by atoms with Gasteiger partial charge in [0.05, 0.1) is 18.1 Å². The Labute approximate surface area is 129 Å². The molecule has 0 aromatic heterocycles. The number of carbonyl (C=O) groups is 1. The Morgan fingerprint density at radius 1 is 1.19 bits per heavy atom. The molecule has 0 radical (unpaired) electrons. The standard InChI is InChI=1S/C17H15ClN2O/c1-20(12-15-3-2-4-16(18)9-15)17(21)10-13-5-7-14(11-19)8-6-13/h2-9H,10,12H2,1H3. The Balaban J connectivity index is 1.97. The largest absolute Gasteiger partial charge is 0.341 e. The third-order valence-corrected chi connectivity index (χ3v) is 3.41. The van der Waals surface area contributed by atoms with Crippen molar-refractivity contribution in [3.05, 3.63) is 70.2 Å². The summed E-state index contributed by atoms with van der Waals surface area (Å²) in [6, 6.07) is 16.6. The molecule has 0 saturated carbocycles. The highest BCUT2D eigenvalue weighted by Gasteiger charge is 2.10. The van der Waals surface area contributed by atoms with E-state index in [1.165, 1.54) is 0 Å². The molecule has 0 N–H and O–H groups in total. The number of benzene rings is 2. The second-order valence-electron chi connectivity index (χ2n) is 4.87. The lowest BCUT2D eigenvalue weighted by Gasteiger charge is -2.17. The van der Waals surface area contributed by atoms with Crippen LogP contribution in [0.4, 0.5) is 0 Å². The van der Waals surface area contributed by atoms with E-state index in [0.717, 1.165) is 11.1 Å². The number of nitrogens with zero attached hydrogens (tertiary/aromatic N) is 2. The first kappa shape index (κ1) is 15.1. The van der Waals surface area contributed by atoms with E-state index in [0.29, 0.717) is 23.6 Å². The van der Waals surface area contributed by atoms with Crippen molar-refractivity contribution in [2.45, 2.75) is 13.0 Å². The van der Waals surface area contributed by atoms with Gasteiger partial charge in [-0.2, -0.15) is 5.26 Å². The van der Waals surface area contributed by atoms with Crippen LogP contribution < -0.4 is 0 Å². The van der Waals surface area contributed by atoms with Gasteiger partial charge < -0.3 is 4.90 Å². The monoisotopic (exact) mass is 298 g/mol. The Kier molecular flexibility index (Phi) is 4.97. The van der Waals surface area contributed by atoms with Crippen LogP contribution in [0, 0.1) is 11.3 Å². The van der Waals surface area contributed by atoms with E-state index >= 15 is 0 Å². The average Bonchev–Trinajstić information content (AvgIpc) is 2.48. The van der Waals surface area contributed by atoms with Crippen molar-refractivity contribution in [3.8, 4) is 6.07 Å². The predicted octanol–water partition coefficient (Wildman–Crippen LogP) is 3.41. The third kappa shape index (κ3) is 4.34. The Morgan fingerprint density at radius 3 is 2.52 bits per heavy atom. The normalized spacial score (nSPS) is 9.95. The molecule has 0 heterocycles. The fraction of sp³-hybridized carbons (Fsp3) is 0.176. The van der Waals surface area contributed by atoms with Crippen molar-refractivity contribution in [1.82, 2.24) is 4.90 Å². The summed E-state index contributed by atoms with van der Waals surface area (Å²) in [5.74, 6) is 0.0275. The smallest absolute Gasteiger partial charge is 0.227 e. The molecule has 0 unspecified atom stereocenters. The minimum absolute atomic E-state index is 0.0275. The van der Waals surface area contributed by atoms with Gasteiger partial charge in [0.15, 0.2) is 0 Å². The van der Waals surface area contributed by atoms with Gasteiger partial charge in [0.1, 0.15) is 0 Å². The Morgan fingerprint density at radius 2 is 1.90 bits per heavy atom. The highest BCUT2D eigenvalue weighted by molar-refractivity contribution is 6.30. The summed E-state index contributed by atoms with van der Waals surface area (Å²) in [7, 11) is 1.77. The van der Waals surface area contributed by atoms with Gasteiger partial charge in [-0.1, -0.05) is 35.9 Å². The Bertz CT molecular complexity index is 674. The molecule has 0 spiro atoms. The first-order chi connectivity index (χ1) is 10.1. The molecule has 2 aromatic carbocycles. The van der Waals surface area contributed by atoms with E-state index in [1.54, 1.807) is 24.1 Å². The molecule has 3 nitrogen and oxygen atoms in total. The maximum absolute atomic E-state index is 12.2. The van der Waals surface area contributed by atoms with Crippen molar-refractivity contribution < 1.29 is 4.79 Å². The van der Waals surface area contributed by atoms with Gasteiger partial charge in [0, 0.05) is 18.6 Å². The molecular formula is C17H15ClN2O. The van der Waals surface area contributed by atoms with Crippen LogP contribution in [0.2, 0.25) is 5.02 Å². The summed E-state index contributed by atoms with van der Waals surface area (Å²) in [6.45, 7) is 0.523. The first-order valence-electron chi connectivity index (χ1n) is 6.56. The minimum atomic E-state index is 0.0275. The second-order valence-corrected chi connectivity index (χ2v) is 5.30. The quantitative estimate of drug-likeness (QED) is 0.868. The molecule has 0 atom stereocenters. The lowest BCUT2D eigenvalue weighted by atomic mass is 10.1. The van der Waals surface area contributed by atoms with Crippen molar-refractivity contribution in [2.75, 3.05) is 7.05 Å². The van der Waals surface area contributed by atoms with E-state index in [2.05, 4.69) is 6.07 Å². The maximum atomic E-state index is 12.2. The summed E-state index contributed by atoms with van der Waals surface area (Å²) in [6.07, 6.45) is 0.322. The fourth-order valence-corrected chi connectivity index (χ4v) is 2.22. The summed E-state index contributed by atoms with van der Waals surface area (Å²) >= 11 is 5.94. The Hall–Kier alpha value is -2.31. The fourth-order valence-electron chi connectivity index (χ4n) is 2.00. The van der Waals surface area contributed by atoms with Gasteiger partial charge in [-0.25, -0.2) is 0 Å². The molecule has 2 rings (SSSR count). The number of carbonyl (C=O) groups excluding carboxylic acids is 1.